The van der Waals surface area contributed by atoms with E-state index >= 15 is 0 Å². The standard InChI is InChI=1S/C17H26O.C4H10/c1-14(2)16-10-7-9-15(12-16)8-5-6-11-17(3,4)13-18;1-4(2)3/h5,7-10,12,14,18H,6,11,13H2,1-4H3;4H,1-3H3/b8-5+;. The summed E-state index contributed by atoms with van der Waals surface area (Å²) < 4.78 is 0. The number of aliphatic hydroxyl groups excluding tert-OH is 1. The molecule has 1 heteroatoms. The average Bonchev–Trinajstić information content (AvgIpc) is 2.43. The molecule has 1 aromatic rings. The third-order valence-corrected chi connectivity index (χ3v) is 3.30. The molecule has 0 aliphatic rings. The second-order valence-corrected chi connectivity index (χ2v) is 7.82. The summed E-state index contributed by atoms with van der Waals surface area (Å²) in [6.07, 6.45) is 6.42. The topological polar surface area (TPSA) is 20.2 Å². The Kier molecular flexibility index (Phi) is 10.1. The van der Waals surface area contributed by atoms with Crippen molar-refractivity contribution in [3.8, 4) is 0 Å². The molecule has 0 aromatic heterocycles. The van der Waals surface area contributed by atoms with Crippen LogP contribution in [-0.2, 0) is 0 Å². The van der Waals surface area contributed by atoms with E-state index in [0.717, 1.165) is 18.8 Å². The van der Waals surface area contributed by atoms with Gasteiger partial charge in [0, 0.05) is 6.61 Å². The highest BCUT2D eigenvalue weighted by Crippen LogP contribution is 2.22. The molecule has 0 aliphatic carbocycles. The van der Waals surface area contributed by atoms with Gasteiger partial charge in [0.2, 0.25) is 0 Å². The fraction of sp³-hybridized carbons (Fsp3) is 0.619. The lowest BCUT2D eigenvalue weighted by atomic mass is 9.89. The van der Waals surface area contributed by atoms with E-state index in [9.17, 15) is 5.11 Å². The van der Waals surface area contributed by atoms with E-state index in [4.69, 9.17) is 0 Å². The minimum absolute atomic E-state index is 0.0319. The van der Waals surface area contributed by atoms with Crippen molar-refractivity contribution in [2.45, 2.75) is 67.2 Å². The third kappa shape index (κ3) is 10.6. The zero-order valence-electron chi connectivity index (χ0n) is 15.7. The van der Waals surface area contributed by atoms with Gasteiger partial charge in [0.1, 0.15) is 0 Å². The molecule has 0 aliphatic heterocycles. The first-order valence-electron chi connectivity index (χ1n) is 8.55. The first-order valence-corrected chi connectivity index (χ1v) is 8.55. The van der Waals surface area contributed by atoms with Gasteiger partial charge in [-0.2, -0.15) is 0 Å². The number of allylic oxidation sites excluding steroid dienone is 1. The van der Waals surface area contributed by atoms with Crippen LogP contribution < -0.4 is 0 Å². The van der Waals surface area contributed by atoms with Crippen molar-refractivity contribution in [3.05, 3.63) is 41.5 Å². The quantitative estimate of drug-likeness (QED) is 0.655. The zero-order chi connectivity index (χ0) is 17.2. The van der Waals surface area contributed by atoms with Crippen LogP contribution in [0.25, 0.3) is 6.08 Å². The highest BCUT2D eigenvalue weighted by atomic mass is 16.3. The fourth-order valence-electron chi connectivity index (χ4n) is 1.79. The lowest BCUT2D eigenvalue weighted by Gasteiger charge is -2.19. The maximum atomic E-state index is 9.18. The number of aliphatic hydroxyl groups is 1. The van der Waals surface area contributed by atoms with Crippen molar-refractivity contribution in [3.63, 3.8) is 0 Å². The summed E-state index contributed by atoms with van der Waals surface area (Å²) in [5, 5.41) is 9.18. The Balaban J connectivity index is 0.000000980. The maximum absolute atomic E-state index is 9.18. The van der Waals surface area contributed by atoms with Gasteiger partial charge in [-0.1, -0.05) is 84.9 Å². The number of hydrogen-bond donors (Lipinski definition) is 1. The Morgan fingerprint density at radius 3 is 2.18 bits per heavy atom. The Bertz CT molecular complexity index is 425. The normalized spacial score (nSPS) is 11.9. The van der Waals surface area contributed by atoms with Crippen molar-refractivity contribution in [1.29, 1.82) is 0 Å². The fourth-order valence-corrected chi connectivity index (χ4v) is 1.79. The van der Waals surface area contributed by atoms with Gasteiger partial charge < -0.3 is 5.11 Å². The van der Waals surface area contributed by atoms with Gasteiger partial charge in [0.05, 0.1) is 0 Å². The van der Waals surface area contributed by atoms with Gasteiger partial charge in [-0.15, -0.1) is 0 Å². The predicted octanol–water partition coefficient (Wildman–Crippen LogP) is 6.28. The van der Waals surface area contributed by atoms with Gasteiger partial charge in [-0.05, 0) is 41.2 Å². The molecule has 126 valence electrons. The highest BCUT2D eigenvalue weighted by molar-refractivity contribution is 5.50. The number of rotatable bonds is 6. The van der Waals surface area contributed by atoms with E-state index in [1.54, 1.807) is 0 Å². The third-order valence-electron chi connectivity index (χ3n) is 3.30. The van der Waals surface area contributed by atoms with Crippen LogP contribution in [0.4, 0.5) is 0 Å². The van der Waals surface area contributed by atoms with Gasteiger partial charge in [-0.3, -0.25) is 0 Å². The van der Waals surface area contributed by atoms with E-state index in [2.05, 4.69) is 84.9 Å². The van der Waals surface area contributed by atoms with Crippen LogP contribution in [0.1, 0.15) is 78.4 Å². The molecule has 0 radical (unpaired) electrons. The molecule has 22 heavy (non-hydrogen) atoms. The molecular weight excluding hydrogens is 268 g/mol. The lowest BCUT2D eigenvalue weighted by molar-refractivity contribution is 0.151. The maximum Gasteiger partial charge on any atom is 0.0482 e. The number of benzene rings is 1. The summed E-state index contributed by atoms with van der Waals surface area (Å²) in [6, 6.07) is 8.68. The Labute approximate surface area is 138 Å². The molecule has 1 aromatic carbocycles. The summed E-state index contributed by atoms with van der Waals surface area (Å²) in [5.74, 6) is 1.41. The van der Waals surface area contributed by atoms with Gasteiger partial charge in [-0.25, -0.2) is 0 Å². The summed E-state index contributed by atoms with van der Waals surface area (Å²) in [7, 11) is 0. The van der Waals surface area contributed by atoms with Gasteiger partial charge >= 0.3 is 0 Å². The Hall–Kier alpha value is -1.08. The van der Waals surface area contributed by atoms with E-state index in [-0.39, 0.29) is 12.0 Å². The zero-order valence-corrected chi connectivity index (χ0v) is 15.7. The van der Waals surface area contributed by atoms with E-state index in [1.165, 1.54) is 11.1 Å². The molecule has 1 rings (SSSR count). The molecule has 0 unspecified atom stereocenters. The molecule has 0 saturated heterocycles. The molecule has 0 saturated carbocycles. The molecule has 1 nitrogen and oxygen atoms in total. The van der Waals surface area contributed by atoms with E-state index in [1.807, 2.05) is 0 Å². The van der Waals surface area contributed by atoms with E-state index < -0.39 is 0 Å². The minimum atomic E-state index is 0.0319. The molecule has 0 bridgehead atoms. The monoisotopic (exact) mass is 304 g/mol. The molecular formula is C21H36O. The smallest absolute Gasteiger partial charge is 0.0482 e. The summed E-state index contributed by atoms with van der Waals surface area (Å²) >= 11 is 0. The summed E-state index contributed by atoms with van der Waals surface area (Å²) in [6.45, 7) is 15.4. The summed E-state index contributed by atoms with van der Waals surface area (Å²) in [5.41, 5.74) is 2.68. The number of hydrogen-bond acceptors (Lipinski definition) is 1. The second kappa shape index (κ2) is 10.6. The molecule has 0 amide bonds. The molecule has 0 fully saturated rings. The Morgan fingerprint density at radius 1 is 1.09 bits per heavy atom. The highest BCUT2D eigenvalue weighted by Gasteiger charge is 2.14. The predicted molar refractivity (Wildman–Crippen MR) is 100 cm³/mol. The van der Waals surface area contributed by atoms with Crippen molar-refractivity contribution < 1.29 is 5.11 Å². The first kappa shape index (κ1) is 20.9. The van der Waals surface area contributed by atoms with Crippen LogP contribution in [0.3, 0.4) is 0 Å². The summed E-state index contributed by atoms with van der Waals surface area (Å²) in [4.78, 5) is 0. The van der Waals surface area contributed by atoms with Crippen LogP contribution in [-0.4, -0.2) is 11.7 Å². The van der Waals surface area contributed by atoms with Crippen LogP contribution >= 0.6 is 0 Å². The van der Waals surface area contributed by atoms with Crippen LogP contribution in [0, 0.1) is 11.3 Å². The van der Waals surface area contributed by atoms with Crippen LogP contribution in [0.15, 0.2) is 30.3 Å². The van der Waals surface area contributed by atoms with Gasteiger partial charge in [0.25, 0.3) is 0 Å². The second-order valence-electron chi connectivity index (χ2n) is 7.82. The minimum Gasteiger partial charge on any atom is -0.396 e. The van der Waals surface area contributed by atoms with E-state index in [0.29, 0.717) is 5.92 Å². The van der Waals surface area contributed by atoms with Crippen LogP contribution in [0.2, 0.25) is 0 Å². The largest absolute Gasteiger partial charge is 0.396 e. The Morgan fingerprint density at radius 2 is 1.68 bits per heavy atom. The van der Waals surface area contributed by atoms with Gasteiger partial charge in [0.15, 0.2) is 0 Å². The molecule has 0 spiro atoms. The molecule has 1 N–H and O–H groups in total. The van der Waals surface area contributed by atoms with Crippen molar-refractivity contribution >= 4 is 6.08 Å². The van der Waals surface area contributed by atoms with Crippen LogP contribution in [0.5, 0.6) is 0 Å². The van der Waals surface area contributed by atoms with Crippen molar-refractivity contribution in [2.75, 3.05) is 6.61 Å². The van der Waals surface area contributed by atoms with Crippen molar-refractivity contribution in [1.82, 2.24) is 0 Å². The lowest BCUT2D eigenvalue weighted by Crippen LogP contribution is -2.15. The SMILES string of the molecule is CC(C)C.CC(C)c1cccc(/C=C/CCC(C)(C)CO)c1. The van der Waals surface area contributed by atoms with Crippen molar-refractivity contribution in [2.24, 2.45) is 11.3 Å². The molecule has 0 heterocycles. The average molecular weight is 305 g/mol. The first-order chi connectivity index (χ1) is 10.2. The molecule has 0 atom stereocenters.